The Labute approximate surface area is 89.4 Å². The van der Waals surface area contributed by atoms with E-state index in [9.17, 15) is 0 Å². The summed E-state index contributed by atoms with van der Waals surface area (Å²) in [5.74, 6) is 0. The minimum atomic E-state index is 1.18. The van der Waals surface area contributed by atoms with Crippen LogP contribution in [0.25, 0.3) is 23.1 Å². The highest BCUT2D eigenvalue weighted by molar-refractivity contribution is 5.81. The molecular formula is C14H15N. The topological polar surface area (TPSA) is 15.8 Å². The molecular weight excluding hydrogens is 182 g/mol. The lowest BCUT2D eigenvalue weighted by Gasteiger charge is -1.85. The van der Waals surface area contributed by atoms with E-state index in [-0.39, 0.29) is 0 Å². The molecule has 0 radical (unpaired) electrons. The minimum absolute atomic E-state index is 1.18. The van der Waals surface area contributed by atoms with E-state index < -0.39 is 0 Å². The molecule has 2 aromatic rings. The van der Waals surface area contributed by atoms with E-state index in [4.69, 9.17) is 0 Å². The van der Waals surface area contributed by atoms with Crippen LogP contribution in [0.15, 0.2) is 36.4 Å². The predicted molar refractivity (Wildman–Crippen MR) is 67.0 cm³/mol. The molecule has 0 aliphatic heterocycles. The van der Waals surface area contributed by atoms with Gasteiger partial charge >= 0.3 is 0 Å². The molecule has 0 saturated carbocycles. The summed E-state index contributed by atoms with van der Waals surface area (Å²) < 4.78 is 0. The normalized spacial score (nSPS) is 14.5. The number of allylic oxidation sites excluding steroid dienone is 2. The monoisotopic (exact) mass is 197 g/mol. The van der Waals surface area contributed by atoms with Gasteiger partial charge in [0, 0.05) is 21.5 Å². The molecule has 0 saturated heterocycles. The molecule has 15 heavy (non-hydrogen) atoms. The van der Waals surface area contributed by atoms with Gasteiger partial charge in [-0.3, -0.25) is 0 Å². The molecule has 0 fully saturated rings. The molecule has 0 spiro atoms. The van der Waals surface area contributed by atoms with Crippen LogP contribution in [0.3, 0.4) is 0 Å². The number of fused-ring (bicyclic) bond motifs is 1. The quantitative estimate of drug-likeness (QED) is 0.722. The SMILES string of the molecule is C\C=C/C=c1/[nH]c2ccccc2/c1=C/C. The van der Waals surface area contributed by atoms with Crippen LogP contribution < -0.4 is 10.6 Å². The standard InChI is InChI=1S/C14H15N/c1-3-5-9-13-11(4-2)12-8-6-7-10-14(12)15-13/h3-10,15H,1-2H3/b5-3-,11-4-,13-9+. The second-order valence-electron chi connectivity index (χ2n) is 3.48. The Bertz CT molecular complexity index is 600. The number of aromatic amines is 1. The number of H-pyrrole nitrogens is 1. The van der Waals surface area contributed by atoms with Gasteiger partial charge in [-0.15, -0.1) is 0 Å². The van der Waals surface area contributed by atoms with E-state index in [2.05, 4.69) is 54.4 Å². The van der Waals surface area contributed by atoms with Crippen LogP contribution in [-0.4, -0.2) is 4.98 Å². The lowest BCUT2D eigenvalue weighted by atomic mass is 10.2. The third kappa shape index (κ3) is 1.73. The van der Waals surface area contributed by atoms with Crippen molar-refractivity contribution in [2.75, 3.05) is 0 Å². The third-order valence-corrected chi connectivity index (χ3v) is 2.52. The number of para-hydroxylation sites is 1. The maximum Gasteiger partial charge on any atom is 0.0464 e. The first kappa shape index (κ1) is 9.78. The molecule has 0 aliphatic rings. The summed E-state index contributed by atoms with van der Waals surface area (Å²) in [6.45, 7) is 4.09. The Morgan fingerprint density at radius 1 is 1.13 bits per heavy atom. The number of rotatable bonds is 1. The fraction of sp³-hybridized carbons (Fsp3) is 0.143. The van der Waals surface area contributed by atoms with Crippen LogP contribution >= 0.6 is 0 Å². The van der Waals surface area contributed by atoms with Gasteiger partial charge in [0.2, 0.25) is 0 Å². The lowest BCUT2D eigenvalue weighted by molar-refractivity contribution is 1.36. The van der Waals surface area contributed by atoms with Crippen LogP contribution in [0.5, 0.6) is 0 Å². The van der Waals surface area contributed by atoms with Gasteiger partial charge in [-0.25, -0.2) is 0 Å². The molecule has 0 amide bonds. The Balaban J connectivity index is 2.88. The van der Waals surface area contributed by atoms with E-state index in [0.29, 0.717) is 0 Å². The highest BCUT2D eigenvalue weighted by Crippen LogP contribution is 2.03. The lowest BCUT2D eigenvalue weighted by Crippen LogP contribution is -2.21. The van der Waals surface area contributed by atoms with E-state index in [1.165, 1.54) is 21.5 Å². The second-order valence-corrected chi connectivity index (χ2v) is 3.48. The van der Waals surface area contributed by atoms with Crippen molar-refractivity contribution >= 4 is 23.1 Å². The predicted octanol–water partition coefficient (Wildman–Crippen LogP) is 2.32. The molecule has 2 rings (SSSR count). The number of benzene rings is 1. The Hall–Kier alpha value is -1.76. The van der Waals surface area contributed by atoms with Crippen molar-refractivity contribution in [3.63, 3.8) is 0 Å². The van der Waals surface area contributed by atoms with E-state index in [1.807, 2.05) is 13.0 Å². The number of nitrogens with one attached hydrogen (secondary N) is 1. The molecule has 1 heteroatoms. The summed E-state index contributed by atoms with van der Waals surface area (Å²) in [6.07, 6.45) is 8.34. The largest absolute Gasteiger partial charge is 0.355 e. The third-order valence-electron chi connectivity index (χ3n) is 2.52. The van der Waals surface area contributed by atoms with Crippen LogP contribution in [-0.2, 0) is 0 Å². The fourth-order valence-electron chi connectivity index (χ4n) is 1.82. The van der Waals surface area contributed by atoms with Gasteiger partial charge in [-0.05, 0) is 26.0 Å². The molecule has 1 aromatic carbocycles. The minimum Gasteiger partial charge on any atom is -0.355 e. The van der Waals surface area contributed by atoms with Crippen molar-refractivity contribution in [2.45, 2.75) is 13.8 Å². The Kier molecular flexibility index (Phi) is 2.72. The van der Waals surface area contributed by atoms with Crippen LogP contribution in [0.4, 0.5) is 0 Å². The van der Waals surface area contributed by atoms with Gasteiger partial charge in [0.15, 0.2) is 0 Å². The van der Waals surface area contributed by atoms with Crippen molar-refractivity contribution in [3.8, 4) is 0 Å². The highest BCUT2D eigenvalue weighted by Gasteiger charge is 1.96. The number of aromatic nitrogens is 1. The van der Waals surface area contributed by atoms with Gasteiger partial charge < -0.3 is 4.98 Å². The van der Waals surface area contributed by atoms with Gasteiger partial charge in [-0.2, -0.15) is 0 Å². The second kappa shape index (κ2) is 4.18. The number of hydrogen-bond acceptors (Lipinski definition) is 0. The molecule has 0 unspecified atom stereocenters. The molecule has 0 bridgehead atoms. The molecule has 1 heterocycles. The molecule has 76 valence electrons. The average molecular weight is 197 g/mol. The van der Waals surface area contributed by atoms with Crippen molar-refractivity contribution in [1.29, 1.82) is 0 Å². The van der Waals surface area contributed by atoms with Crippen molar-refractivity contribution < 1.29 is 0 Å². The van der Waals surface area contributed by atoms with E-state index >= 15 is 0 Å². The van der Waals surface area contributed by atoms with Crippen molar-refractivity contribution in [2.24, 2.45) is 0 Å². The Morgan fingerprint density at radius 2 is 1.93 bits per heavy atom. The first-order chi connectivity index (χ1) is 7.36. The smallest absolute Gasteiger partial charge is 0.0464 e. The van der Waals surface area contributed by atoms with Gasteiger partial charge in [0.05, 0.1) is 0 Å². The first-order valence-electron chi connectivity index (χ1n) is 5.23. The van der Waals surface area contributed by atoms with Crippen LogP contribution in [0, 0.1) is 0 Å². The van der Waals surface area contributed by atoms with Gasteiger partial charge in [-0.1, -0.05) is 36.4 Å². The summed E-state index contributed by atoms with van der Waals surface area (Å²) in [5.41, 5.74) is 1.20. The molecule has 0 aliphatic carbocycles. The van der Waals surface area contributed by atoms with Crippen LogP contribution in [0.1, 0.15) is 13.8 Å². The van der Waals surface area contributed by atoms with E-state index in [0.717, 1.165) is 0 Å². The highest BCUT2D eigenvalue weighted by atomic mass is 14.7. The summed E-state index contributed by atoms with van der Waals surface area (Å²) >= 11 is 0. The summed E-state index contributed by atoms with van der Waals surface area (Å²) in [4.78, 5) is 3.41. The molecule has 1 nitrogen and oxygen atoms in total. The van der Waals surface area contributed by atoms with E-state index in [1.54, 1.807) is 0 Å². The zero-order chi connectivity index (χ0) is 10.7. The maximum absolute atomic E-state index is 3.41. The average Bonchev–Trinajstić information content (AvgIpc) is 2.63. The number of hydrogen-bond donors (Lipinski definition) is 1. The van der Waals surface area contributed by atoms with Crippen molar-refractivity contribution in [1.82, 2.24) is 4.98 Å². The summed E-state index contributed by atoms with van der Waals surface area (Å²) in [7, 11) is 0. The summed E-state index contributed by atoms with van der Waals surface area (Å²) in [5, 5.41) is 3.75. The molecule has 1 N–H and O–H groups in total. The molecule has 1 aromatic heterocycles. The van der Waals surface area contributed by atoms with Crippen molar-refractivity contribution in [3.05, 3.63) is 47.0 Å². The van der Waals surface area contributed by atoms with Gasteiger partial charge in [0.25, 0.3) is 0 Å². The van der Waals surface area contributed by atoms with Crippen LogP contribution in [0.2, 0.25) is 0 Å². The summed E-state index contributed by atoms with van der Waals surface area (Å²) in [6, 6.07) is 8.38. The zero-order valence-electron chi connectivity index (χ0n) is 9.12. The molecule has 0 atom stereocenters. The maximum atomic E-state index is 3.41. The first-order valence-corrected chi connectivity index (χ1v) is 5.23. The fourth-order valence-corrected chi connectivity index (χ4v) is 1.82. The van der Waals surface area contributed by atoms with Gasteiger partial charge in [0.1, 0.15) is 0 Å². The zero-order valence-corrected chi connectivity index (χ0v) is 9.12. The Morgan fingerprint density at radius 3 is 2.67 bits per heavy atom.